The minimum atomic E-state index is -0.260. The van der Waals surface area contributed by atoms with Gasteiger partial charge in [0.1, 0.15) is 0 Å². The van der Waals surface area contributed by atoms with Crippen molar-refractivity contribution < 1.29 is 20.1 Å². The molecule has 6 atom stereocenters. The molecule has 0 bridgehead atoms. The number of aliphatic hydroxyl groups excluding tert-OH is 3. The van der Waals surface area contributed by atoms with Crippen LogP contribution in [0.5, 0.6) is 0 Å². The zero-order chi connectivity index (χ0) is 22.4. The first kappa shape index (κ1) is 25.8. The molecule has 0 heterocycles. The molecule has 0 saturated heterocycles. The SMILES string of the molecule is COC(C)(C)CCCC1CCC(/C=C\C2CCC(CCCC(C)(C)CO)C2O)C1O. The summed E-state index contributed by atoms with van der Waals surface area (Å²) in [7, 11) is 1.77. The molecule has 2 saturated carbocycles. The maximum Gasteiger partial charge on any atom is 0.0630 e. The quantitative estimate of drug-likeness (QED) is 0.381. The molecule has 0 radical (unpaired) electrons. The largest absolute Gasteiger partial charge is 0.396 e. The summed E-state index contributed by atoms with van der Waals surface area (Å²) in [6.45, 7) is 8.67. The molecule has 2 aliphatic rings. The van der Waals surface area contributed by atoms with E-state index in [9.17, 15) is 15.3 Å². The van der Waals surface area contributed by atoms with E-state index in [4.69, 9.17) is 4.74 Å². The van der Waals surface area contributed by atoms with E-state index in [1.807, 2.05) is 0 Å². The van der Waals surface area contributed by atoms with Gasteiger partial charge in [-0.3, -0.25) is 0 Å². The van der Waals surface area contributed by atoms with E-state index in [2.05, 4.69) is 39.8 Å². The Labute approximate surface area is 185 Å². The van der Waals surface area contributed by atoms with Crippen molar-refractivity contribution in [3.05, 3.63) is 12.2 Å². The zero-order valence-corrected chi connectivity index (χ0v) is 20.1. The molecule has 0 aromatic carbocycles. The first-order chi connectivity index (χ1) is 14.1. The van der Waals surface area contributed by atoms with Gasteiger partial charge in [-0.25, -0.2) is 0 Å². The summed E-state index contributed by atoms with van der Waals surface area (Å²) in [6.07, 6.45) is 14.5. The van der Waals surface area contributed by atoms with Crippen LogP contribution in [0.3, 0.4) is 0 Å². The van der Waals surface area contributed by atoms with E-state index in [-0.39, 0.29) is 41.7 Å². The third-order valence-electron chi connectivity index (χ3n) is 7.95. The number of hydrogen-bond donors (Lipinski definition) is 3. The van der Waals surface area contributed by atoms with E-state index in [0.29, 0.717) is 11.8 Å². The Hall–Kier alpha value is -0.420. The minimum Gasteiger partial charge on any atom is -0.396 e. The van der Waals surface area contributed by atoms with Crippen molar-refractivity contribution in [2.24, 2.45) is 29.1 Å². The van der Waals surface area contributed by atoms with E-state index < -0.39 is 0 Å². The van der Waals surface area contributed by atoms with Gasteiger partial charge in [0.2, 0.25) is 0 Å². The lowest BCUT2D eigenvalue weighted by Gasteiger charge is -2.24. The Kier molecular flexibility index (Phi) is 9.86. The van der Waals surface area contributed by atoms with Crippen LogP contribution in [0, 0.1) is 29.1 Å². The normalized spacial score (nSPS) is 33.1. The average molecular weight is 425 g/mol. The molecule has 4 heteroatoms. The van der Waals surface area contributed by atoms with Gasteiger partial charge >= 0.3 is 0 Å². The lowest BCUT2D eigenvalue weighted by molar-refractivity contribution is 0.0106. The fourth-order valence-electron chi connectivity index (χ4n) is 5.34. The van der Waals surface area contributed by atoms with Crippen LogP contribution in [0.2, 0.25) is 0 Å². The minimum absolute atomic E-state index is 0.0165. The van der Waals surface area contributed by atoms with Crippen molar-refractivity contribution >= 4 is 0 Å². The number of hydrogen-bond acceptors (Lipinski definition) is 4. The number of methoxy groups -OCH3 is 1. The number of aliphatic hydroxyl groups is 3. The van der Waals surface area contributed by atoms with Crippen molar-refractivity contribution in [2.75, 3.05) is 13.7 Å². The van der Waals surface area contributed by atoms with Crippen LogP contribution in [0.15, 0.2) is 12.2 Å². The van der Waals surface area contributed by atoms with Gasteiger partial charge in [0.05, 0.1) is 17.8 Å². The highest BCUT2D eigenvalue weighted by molar-refractivity contribution is 5.04. The van der Waals surface area contributed by atoms with Gasteiger partial charge in [0.25, 0.3) is 0 Å². The maximum absolute atomic E-state index is 10.8. The molecular formula is C26H48O4. The summed E-state index contributed by atoms with van der Waals surface area (Å²) >= 11 is 0. The molecule has 0 amide bonds. The van der Waals surface area contributed by atoms with Crippen LogP contribution in [0.1, 0.15) is 91.9 Å². The van der Waals surface area contributed by atoms with Gasteiger partial charge in [-0.05, 0) is 82.5 Å². The molecule has 3 N–H and O–H groups in total. The standard InChI is InChI=1S/C26H48O4/c1-25(2,18-27)16-6-8-19-10-12-21(23(19)28)14-15-22-13-11-20(24(22)29)9-7-17-26(3,4)30-5/h14-15,19-24,27-29H,6-13,16-18H2,1-5H3/b15-14-. The van der Waals surface area contributed by atoms with Crippen molar-refractivity contribution in [3.8, 4) is 0 Å². The molecule has 0 spiro atoms. The summed E-state index contributed by atoms with van der Waals surface area (Å²) in [5.74, 6) is 1.24. The van der Waals surface area contributed by atoms with Crippen molar-refractivity contribution in [1.29, 1.82) is 0 Å². The third-order valence-corrected chi connectivity index (χ3v) is 7.95. The molecule has 0 aliphatic heterocycles. The van der Waals surface area contributed by atoms with Crippen LogP contribution in [0.25, 0.3) is 0 Å². The molecule has 176 valence electrons. The fraction of sp³-hybridized carbons (Fsp3) is 0.923. The fourth-order valence-corrected chi connectivity index (χ4v) is 5.34. The van der Waals surface area contributed by atoms with Crippen molar-refractivity contribution in [3.63, 3.8) is 0 Å². The first-order valence-electron chi connectivity index (χ1n) is 12.3. The summed E-state index contributed by atoms with van der Waals surface area (Å²) in [4.78, 5) is 0. The summed E-state index contributed by atoms with van der Waals surface area (Å²) in [5, 5.41) is 30.9. The van der Waals surface area contributed by atoms with Gasteiger partial charge in [-0.2, -0.15) is 0 Å². The third kappa shape index (κ3) is 7.62. The molecule has 2 rings (SSSR count). The van der Waals surface area contributed by atoms with E-state index in [1.165, 1.54) is 0 Å². The monoisotopic (exact) mass is 424 g/mol. The Morgan fingerprint density at radius 1 is 0.800 bits per heavy atom. The Balaban J connectivity index is 1.74. The van der Waals surface area contributed by atoms with Gasteiger partial charge in [-0.15, -0.1) is 0 Å². The highest BCUT2D eigenvalue weighted by atomic mass is 16.5. The molecule has 0 aromatic heterocycles. The zero-order valence-electron chi connectivity index (χ0n) is 20.1. The van der Waals surface area contributed by atoms with E-state index in [0.717, 1.165) is 64.2 Å². The van der Waals surface area contributed by atoms with Crippen molar-refractivity contribution in [1.82, 2.24) is 0 Å². The van der Waals surface area contributed by atoms with Crippen LogP contribution in [-0.2, 0) is 4.74 Å². The summed E-state index contributed by atoms with van der Waals surface area (Å²) < 4.78 is 5.50. The molecule has 4 nitrogen and oxygen atoms in total. The molecule has 2 aliphatic carbocycles. The molecule has 30 heavy (non-hydrogen) atoms. The van der Waals surface area contributed by atoms with Gasteiger partial charge in [-0.1, -0.05) is 38.8 Å². The number of rotatable bonds is 12. The van der Waals surface area contributed by atoms with Gasteiger partial charge in [0.15, 0.2) is 0 Å². The predicted molar refractivity (Wildman–Crippen MR) is 123 cm³/mol. The van der Waals surface area contributed by atoms with Crippen LogP contribution >= 0.6 is 0 Å². The van der Waals surface area contributed by atoms with Crippen molar-refractivity contribution in [2.45, 2.75) is 110 Å². The highest BCUT2D eigenvalue weighted by Gasteiger charge is 2.35. The van der Waals surface area contributed by atoms with Gasteiger partial charge < -0.3 is 20.1 Å². The predicted octanol–water partition coefficient (Wildman–Crippen LogP) is 5.10. The summed E-state index contributed by atoms with van der Waals surface area (Å²) in [5.41, 5.74) is -0.0941. The van der Waals surface area contributed by atoms with E-state index >= 15 is 0 Å². The first-order valence-corrected chi connectivity index (χ1v) is 12.3. The highest BCUT2D eigenvalue weighted by Crippen LogP contribution is 2.39. The average Bonchev–Trinajstić information content (AvgIpc) is 3.23. The van der Waals surface area contributed by atoms with Gasteiger partial charge in [0, 0.05) is 25.6 Å². The second-order valence-electron chi connectivity index (χ2n) is 11.4. The molecule has 6 unspecified atom stereocenters. The Morgan fingerprint density at radius 2 is 1.27 bits per heavy atom. The molecule has 2 fully saturated rings. The molecular weight excluding hydrogens is 376 g/mol. The number of ether oxygens (including phenoxy) is 1. The maximum atomic E-state index is 10.8. The lowest BCUT2D eigenvalue weighted by Crippen LogP contribution is -2.24. The van der Waals surface area contributed by atoms with Crippen LogP contribution in [-0.4, -0.2) is 46.8 Å². The topological polar surface area (TPSA) is 69.9 Å². The Morgan fingerprint density at radius 3 is 1.70 bits per heavy atom. The van der Waals surface area contributed by atoms with Crippen LogP contribution in [0.4, 0.5) is 0 Å². The molecule has 0 aromatic rings. The second-order valence-corrected chi connectivity index (χ2v) is 11.4. The van der Waals surface area contributed by atoms with E-state index in [1.54, 1.807) is 7.11 Å². The smallest absolute Gasteiger partial charge is 0.0630 e. The summed E-state index contributed by atoms with van der Waals surface area (Å²) in [6, 6.07) is 0. The lowest BCUT2D eigenvalue weighted by atomic mass is 9.85. The Bertz CT molecular complexity index is 481. The van der Waals surface area contributed by atoms with Crippen LogP contribution < -0.4 is 0 Å². The second kappa shape index (κ2) is 11.4.